The van der Waals surface area contributed by atoms with Gasteiger partial charge in [0.05, 0.1) is 0 Å². The van der Waals surface area contributed by atoms with Crippen LogP contribution in [0.25, 0.3) is 22.3 Å². The van der Waals surface area contributed by atoms with E-state index in [0.717, 1.165) is 33.4 Å². The van der Waals surface area contributed by atoms with E-state index in [-0.39, 0.29) is 17.4 Å². The van der Waals surface area contributed by atoms with Crippen LogP contribution >= 0.6 is 0 Å². The van der Waals surface area contributed by atoms with Crippen molar-refractivity contribution in [1.29, 1.82) is 0 Å². The second-order valence-corrected chi connectivity index (χ2v) is 8.13. The van der Waals surface area contributed by atoms with E-state index >= 15 is 0 Å². The van der Waals surface area contributed by atoms with Crippen molar-refractivity contribution in [2.75, 3.05) is 0 Å². The number of hydrogen-bond donors (Lipinski definition) is 2. The monoisotopic (exact) mass is 428 g/mol. The largest absolute Gasteiger partial charge is 0.507 e. The fourth-order valence-electron chi connectivity index (χ4n) is 4.43. The van der Waals surface area contributed by atoms with Crippen molar-refractivity contribution in [1.82, 2.24) is 0 Å². The number of phenolic OH excluding ortho intramolecular Hbond substituents is 2. The van der Waals surface area contributed by atoms with Gasteiger partial charge in [0.25, 0.3) is 0 Å². The quantitative estimate of drug-likeness (QED) is 0.283. The van der Waals surface area contributed by atoms with Gasteiger partial charge in [0.1, 0.15) is 11.5 Å². The topological polar surface area (TPSA) is 40.5 Å². The second kappa shape index (κ2) is 9.05. The molecule has 0 radical (unpaired) electrons. The van der Waals surface area contributed by atoms with E-state index in [1.165, 1.54) is 5.56 Å². The Bertz CT molecular complexity index is 1300. The summed E-state index contributed by atoms with van der Waals surface area (Å²) in [6.45, 7) is 0. The number of benzene rings is 5. The van der Waals surface area contributed by atoms with Crippen LogP contribution in [-0.4, -0.2) is 10.2 Å². The molecule has 5 aromatic rings. The molecule has 0 spiro atoms. The van der Waals surface area contributed by atoms with E-state index in [1.54, 1.807) is 12.1 Å². The molecule has 5 aromatic carbocycles. The first-order chi connectivity index (χ1) is 16.2. The molecule has 5 rings (SSSR count). The van der Waals surface area contributed by atoms with Gasteiger partial charge in [0, 0.05) is 17.0 Å². The predicted molar refractivity (Wildman–Crippen MR) is 134 cm³/mol. The van der Waals surface area contributed by atoms with Crippen LogP contribution in [0.5, 0.6) is 11.5 Å². The standard InChI is InChI=1S/C31H24O2/c32-29-18-6-4-16-27(29)23-12-8-14-25(20-23)31(22-10-2-1-3-11-22)26-15-9-13-24(21-26)28-17-5-7-19-30(28)33/h1-21,31-33H. The predicted octanol–water partition coefficient (Wildman–Crippen LogP) is 7.61. The highest BCUT2D eigenvalue weighted by molar-refractivity contribution is 5.72. The zero-order valence-electron chi connectivity index (χ0n) is 18.1. The van der Waals surface area contributed by atoms with Gasteiger partial charge in [0.2, 0.25) is 0 Å². The highest BCUT2D eigenvalue weighted by Gasteiger charge is 2.19. The molecule has 0 heterocycles. The first-order valence-electron chi connectivity index (χ1n) is 11.0. The highest BCUT2D eigenvalue weighted by atomic mass is 16.3. The summed E-state index contributed by atoms with van der Waals surface area (Å²) in [5, 5.41) is 20.8. The lowest BCUT2D eigenvalue weighted by molar-refractivity contribution is 0.477. The Labute approximate surface area is 194 Å². The van der Waals surface area contributed by atoms with Crippen LogP contribution in [0.2, 0.25) is 0 Å². The van der Waals surface area contributed by atoms with Crippen LogP contribution in [0.1, 0.15) is 22.6 Å². The number of rotatable bonds is 5. The molecule has 160 valence electrons. The molecule has 0 bridgehead atoms. The molecular formula is C31H24O2. The van der Waals surface area contributed by atoms with Gasteiger partial charge in [-0.15, -0.1) is 0 Å². The zero-order chi connectivity index (χ0) is 22.6. The fourth-order valence-corrected chi connectivity index (χ4v) is 4.43. The Hall–Kier alpha value is -4.30. The summed E-state index contributed by atoms with van der Waals surface area (Å²) in [7, 11) is 0. The van der Waals surface area contributed by atoms with Gasteiger partial charge in [-0.25, -0.2) is 0 Å². The molecule has 0 saturated carbocycles. The number of hydrogen-bond acceptors (Lipinski definition) is 2. The number of para-hydroxylation sites is 2. The molecule has 2 nitrogen and oxygen atoms in total. The maximum Gasteiger partial charge on any atom is 0.123 e. The van der Waals surface area contributed by atoms with Crippen LogP contribution in [0.15, 0.2) is 127 Å². The van der Waals surface area contributed by atoms with Crippen molar-refractivity contribution in [3.63, 3.8) is 0 Å². The van der Waals surface area contributed by atoms with Gasteiger partial charge in [-0.3, -0.25) is 0 Å². The average Bonchev–Trinajstić information content (AvgIpc) is 2.86. The van der Waals surface area contributed by atoms with Crippen LogP contribution < -0.4 is 0 Å². The third-order valence-electron chi connectivity index (χ3n) is 6.00. The molecule has 0 saturated heterocycles. The van der Waals surface area contributed by atoms with Gasteiger partial charge in [0.15, 0.2) is 0 Å². The van der Waals surface area contributed by atoms with Crippen LogP contribution in [-0.2, 0) is 0 Å². The van der Waals surface area contributed by atoms with Gasteiger partial charge >= 0.3 is 0 Å². The van der Waals surface area contributed by atoms with Gasteiger partial charge in [-0.05, 0) is 39.9 Å². The van der Waals surface area contributed by atoms with Gasteiger partial charge < -0.3 is 10.2 Å². The molecule has 2 heteroatoms. The Morgan fingerprint density at radius 2 is 0.818 bits per heavy atom. The van der Waals surface area contributed by atoms with E-state index < -0.39 is 0 Å². The summed E-state index contributed by atoms with van der Waals surface area (Å²) >= 11 is 0. The Kier molecular flexibility index (Phi) is 5.65. The molecule has 2 N–H and O–H groups in total. The molecule has 0 unspecified atom stereocenters. The lowest BCUT2D eigenvalue weighted by atomic mass is 9.83. The summed E-state index contributed by atoms with van der Waals surface area (Å²) in [5.41, 5.74) is 7.03. The van der Waals surface area contributed by atoms with E-state index in [9.17, 15) is 10.2 Å². The van der Waals surface area contributed by atoms with E-state index in [1.807, 2.05) is 66.7 Å². The molecular weight excluding hydrogens is 404 g/mol. The maximum atomic E-state index is 10.4. The van der Waals surface area contributed by atoms with Crippen molar-refractivity contribution in [3.05, 3.63) is 144 Å². The van der Waals surface area contributed by atoms with Crippen molar-refractivity contribution in [3.8, 4) is 33.8 Å². The summed E-state index contributed by atoms with van der Waals surface area (Å²) in [6.07, 6.45) is 0. The lowest BCUT2D eigenvalue weighted by Gasteiger charge is -2.21. The molecule has 0 atom stereocenters. The van der Waals surface area contributed by atoms with Crippen molar-refractivity contribution in [2.45, 2.75) is 5.92 Å². The third-order valence-corrected chi connectivity index (χ3v) is 6.00. The van der Waals surface area contributed by atoms with E-state index in [0.29, 0.717) is 0 Å². The Morgan fingerprint density at radius 1 is 0.394 bits per heavy atom. The minimum atomic E-state index is 0.00260. The number of aromatic hydroxyl groups is 2. The summed E-state index contributed by atoms with van der Waals surface area (Å²) in [5.74, 6) is 0.544. The normalized spacial score (nSPS) is 10.9. The fraction of sp³-hybridized carbons (Fsp3) is 0.0323. The molecule has 0 aliphatic rings. The number of phenols is 2. The molecule has 0 aliphatic heterocycles. The lowest BCUT2D eigenvalue weighted by Crippen LogP contribution is -2.04. The maximum absolute atomic E-state index is 10.4. The third kappa shape index (κ3) is 4.24. The molecule has 33 heavy (non-hydrogen) atoms. The van der Waals surface area contributed by atoms with Crippen LogP contribution in [0.4, 0.5) is 0 Å². The molecule has 0 aromatic heterocycles. The highest BCUT2D eigenvalue weighted by Crippen LogP contribution is 2.38. The average molecular weight is 429 g/mol. The Balaban J connectivity index is 1.65. The molecule has 0 aliphatic carbocycles. The SMILES string of the molecule is Oc1ccccc1-c1cccc(C(c2ccccc2)c2cccc(-c3ccccc3O)c2)c1. The smallest absolute Gasteiger partial charge is 0.123 e. The summed E-state index contributed by atoms with van der Waals surface area (Å²) in [6, 6.07) is 42.0. The van der Waals surface area contributed by atoms with Crippen LogP contribution in [0.3, 0.4) is 0 Å². The van der Waals surface area contributed by atoms with E-state index in [4.69, 9.17) is 0 Å². The molecule has 0 amide bonds. The zero-order valence-corrected chi connectivity index (χ0v) is 18.1. The summed E-state index contributed by atoms with van der Waals surface area (Å²) < 4.78 is 0. The summed E-state index contributed by atoms with van der Waals surface area (Å²) in [4.78, 5) is 0. The van der Waals surface area contributed by atoms with Gasteiger partial charge in [-0.2, -0.15) is 0 Å². The minimum Gasteiger partial charge on any atom is -0.507 e. The van der Waals surface area contributed by atoms with Gasteiger partial charge in [-0.1, -0.05) is 115 Å². The Morgan fingerprint density at radius 3 is 1.30 bits per heavy atom. The first-order valence-corrected chi connectivity index (χ1v) is 11.0. The van der Waals surface area contributed by atoms with Crippen molar-refractivity contribution in [2.24, 2.45) is 0 Å². The van der Waals surface area contributed by atoms with E-state index in [2.05, 4.69) is 48.5 Å². The minimum absolute atomic E-state index is 0.00260. The first kappa shape index (κ1) is 20.6. The second-order valence-electron chi connectivity index (χ2n) is 8.13. The van der Waals surface area contributed by atoms with Crippen molar-refractivity contribution < 1.29 is 10.2 Å². The van der Waals surface area contributed by atoms with Crippen molar-refractivity contribution >= 4 is 0 Å². The van der Waals surface area contributed by atoms with Crippen LogP contribution in [0, 0.1) is 0 Å². The molecule has 0 fully saturated rings.